The Morgan fingerprint density at radius 3 is 3.03 bits per heavy atom. The van der Waals surface area contributed by atoms with Crippen LogP contribution in [0, 0.1) is 5.92 Å². The SMILES string of the molecule is O=C(O)C1NNCC1CN1CCC(c2ccnc(-c3cc4ccccc4o3)c2)C1. The van der Waals surface area contributed by atoms with Gasteiger partial charge in [0.25, 0.3) is 0 Å². The Kier molecular flexibility index (Phi) is 4.79. The number of carboxylic acids is 1. The number of para-hydroxylation sites is 1. The topological polar surface area (TPSA) is 90.6 Å². The smallest absolute Gasteiger partial charge is 0.322 e. The van der Waals surface area contributed by atoms with E-state index in [9.17, 15) is 9.90 Å². The average molecular weight is 392 g/mol. The van der Waals surface area contributed by atoms with E-state index in [-0.39, 0.29) is 5.92 Å². The first kappa shape index (κ1) is 18.3. The lowest BCUT2D eigenvalue weighted by Crippen LogP contribution is -2.42. The van der Waals surface area contributed by atoms with Gasteiger partial charge in [0.2, 0.25) is 0 Å². The molecule has 2 aliphatic rings. The summed E-state index contributed by atoms with van der Waals surface area (Å²) in [6.45, 7) is 3.39. The molecule has 3 N–H and O–H groups in total. The van der Waals surface area contributed by atoms with Gasteiger partial charge in [0.1, 0.15) is 17.3 Å². The number of aliphatic carboxylic acids is 1. The van der Waals surface area contributed by atoms with Gasteiger partial charge in [-0.3, -0.25) is 15.2 Å². The molecular formula is C22H24N4O3. The van der Waals surface area contributed by atoms with Crippen LogP contribution < -0.4 is 10.9 Å². The third-order valence-corrected chi connectivity index (χ3v) is 6.06. The highest BCUT2D eigenvalue weighted by Crippen LogP contribution is 2.32. The number of hydrogen-bond acceptors (Lipinski definition) is 6. The molecule has 5 rings (SSSR count). The van der Waals surface area contributed by atoms with Gasteiger partial charge >= 0.3 is 5.97 Å². The lowest BCUT2D eigenvalue weighted by molar-refractivity contribution is -0.140. The molecule has 29 heavy (non-hydrogen) atoms. The Hall–Kier alpha value is -2.74. The molecule has 0 saturated carbocycles. The fourth-order valence-electron chi connectivity index (χ4n) is 4.51. The molecule has 0 amide bonds. The molecule has 4 heterocycles. The van der Waals surface area contributed by atoms with E-state index in [1.165, 1.54) is 5.56 Å². The van der Waals surface area contributed by atoms with Crippen LogP contribution in [0.2, 0.25) is 0 Å². The van der Waals surface area contributed by atoms with Gasteiger partial charge in [0, 0.05) is 37.1 Å². The van der Waals surface area contributed by atoms with Crippen molar-refractivity contribution in [2.45, 2.75) is 18.4 Å². The lowest BCUT2D eigenvalue weighted by atomic mass is 9.98. The van der Waals surface area contributed by atoms with Crippen LogP contribution in [-0.4, -0.2) is 53.2 Å². The fraction of sp³-hybridized carbons (Fsp3) is 0.364. The summed E-state index contributed by atoms with van der Waals surface area (Å²) in [5.41, 5.74) is 8.83. The largest absolute Gasteiger partial charge is 0.480 e. The molecule has 3 atom stereocenters. The van der Waals surface area contributed by atoms with Gasteiger partial charge in [-0.15, -0.1) is 0 Å². The number of likely N-dealkylation sites (tertiary alicyclic amines) is 1. The molecule has 2 aromatic heterocycles. The molecular weight excluding hydrogens is 368 g/mol. The number of hydrazine groups is 1. The summed E-state index contributed by atoms with van der Waals surface area (Å²) in [6, 6.07) is 13.7. The van der Waals surface area contributed by atoms with Crippen LogP contribution in [0.4, 0.5) is 0 Å². The normalized spacial score (nSPS) is 25.0. The zero-order valence-electron chi connectivity index (χ0n) is 16.0. The van der Waals surface area contributed by atoms with Crippen LogP contribution in [0.3, 0.4) is 0 Å². The molecule has 150 valence electrons. The summed E-state index contributed by atoms with van der Waals surface area (Å²) in [5.74, 6) is 0.497. The lowest BCUT2D eigenvalue weighted by Gasteiger charge is -2.22. The van der Waals surface area contributed by atoms with E-state index in [0.29, 0.717) is 12.5 Å². The minimum atomic E-state index is -0.791. The standard InChI is InChI=1S/C22H24N4O3/c27-22(28)21-17(11-24-25-21)13-26-8-6-16(12-26)14-5-7-23-18(9-14)20-10-15-3-1-2-4-19(15)29-20/h1-5,7,9-10,16-17,21,24-25H,6,8,11-13H2,(H,27,28). The first-order chi connectivity index (χ1) is 14.2. The van der Waals surface area contributed by atoms with Crippen molar-refractivity contribution in [1.82, 2.24) is 20.7 Å². The molecule has 2 fully saturated rings. The molecule has 3 aromatic rings. The zero-order valence-corrected chi connectivity index (χ0v) is 16.0. The molecule has 0 aliphatic carbocycles. The van der Waals surface area contributed by atoms with Crippen molar-refractivity contribution in [2.24, 2.45) is 5.92 Å². The van der Waals surface area contributed by atoms with Crippen LogP contribution >= 0.6 is 0 Å². The maximum atomic E-state index is 11.4. The molecule has 3 unspecified atom stereocenters. The number of furan rings is 1. The summed E-state index contributed by atoms with van der Waals surface area (Å²) in [6.07, 6.45) is 2.92. The van der Waals surface area contributed by atoms with Crippen LogP contribution in [-0.2, 0) is 4.79 Å². The number of pyridine rings is 1. The predicted octanol–water partition coefficient (Wildman–Crippen LogP) is 2.46. The number of nitrogens with zero attached hydrogens (tertiary/aromatic N) is 2. The fourth-order valence-corrected chi connectivity index (χ4v) is 4.51. The van der Waals surface area contributed by atoms with Crippen molar-refractivity contribution in [3.63, 3.8) is 0 Å². The van der Waals surface area contributed by atoms with Gasteiger partial charge in [0.05, 0.1) is 0 Å². The molecule has 0 bridgehead atoms. The Labute approximate surface area is 168 Å². The highest BCUT2D eigenvalue weighted by Gasteiger charge is 2.35. The summed E-state index contributed by atoms with van der Waals surface area (Å²) >= 11 is 0. The van der Waals surface area contributed by atoms with Gasteiger partial charge in [-0.05, 0) is 48.7 Å². The molecule has 7 heteroatoms. The number of carboxylic acid groups (broad SMARTS) is 1. The Morgan fingerprint density at radius 1 is 1.28 bits per heavy atom. The van der Waals surface area contributed by atoms with Crippen molar-refractivity contribution in [2.75, 3.05) is 26.2 Å². The zero-order chi connectivity index (χ0) is 19.8. The summed E-state index contributed by atoms with van der Waals surface area (Å²) in [4.78, 5) is 18.3. The first-order valence-electron chi connectivity index (χ1n) is 10.1. The number of rotatable bonds is 5. The molecule has 7 nitrogen and oxygen atoms in total. The van der Waals surface area contributed by atoms with E-state index in [1.54, 1.807) is 0 Å². The van der Waals surface area contributed by atoms with E-state index >= 15 is 0 Å². The van der Waals surface area contributed by atoms with E-state index in [1.807, 2.05) is 36.5 Å². The number of benzene rings is 1. The van der Waals surface area contributed by atoms with E-state index in [2.05, 4.69) is 32.9 Å². The van der Waals surface area contributed by atoms with Gasteiger partial charge < -0.3 is 14.4 Å². The summed E-state index contributed by atoms with van der Waals surface area (Å²) in [7, 11) is 0. The third kappa shape index (κ3) is 3.64. The van der Waals surface area contributed by atoms with Gasteiger partial charge in [-0.25, -0.2) is 5.43 Å². The number of nitrogens with one attached hydrogen (secondary N) is 2. The molecule has 0 spiro atoms. The Morgan fingerprint density at radius 2 is 2.17 bits per heavy atom. The van der Waals surface area contributed by atoms with Crippen LogP contribution in [0.25, 0.3) is 22.4 Å². The molecule has 0 radical (unpaired) electrons. The van der Waals surface area contributed by atoms with E-state index < -0.39 is 12.0 Å². The van der Waals surface area contributed by atoms with E-state index in [0.717, 1.165) is 48.5 Å². The monoisotopic (exact) mass is 392 g/mol. The van der Waals surface area contributed by atoms with Crippen molar-refractivity contribution in [1.29, 1.82) is 0 Å². The Balaban J connectivity index is 1.29. The minimum Gasteiger partial charge on any atom is -0.480 e. The summed E-state index contributed by atoms with van der Waals surface area (Å²) in [5, 5.41) is 10.4. The highest BCUT2D eigenvalue weighted by atomic mass is 16.4. The Bertz CT molecular complexity index is 1000. The van der Waals surface area contributed by atoms with Gasteiger partial charge in [-0.1, -0.05) is 18.2 Å². The van der Waals surface area contributed by atoms with Gasteiger partial charge in [0.15, 0.2) is 5.76 Å². The first-order valence-corrected chi connectivity index (χ1v) is 10.1. The second kappa shape index (κ2) is 7.59. The van der Waals surface area contributed by atoms with Crippen molar-refractivity contribution in [3.8, 4) is 11.5 Å². The maximum Gasteiger partial charge on any atom is 0.322 e. The number of fused-ring (bicyclic) bond motifs is 1. The van der Waals surface area contributed by atoms with Crippen molar-refractivity contribution < 1.29 is 14.3 Å². The second-order valence-electron chi connectivity index (χ2n) is 7.97. The molecule has 2 aliphatic heterocycles. The number of carbonyl (C=O) groups is 1. The van der Waals surface area contributed by atoms with Crippen LogP contribution in [0.1, 0.15) is 17.9 Å². The average Bonchev–Trinajstić information content (AvgIpc) is 3.47. The maximum absolute atomic E-state index is 11.4. The quantitative estimate of drug-likeness (QED) is 0.614. The summed E-state index contributed by atoms with van der Waals surface area (Å²) < 4.78 is 5.97. The number of aromatic nitrogens is 1. The molecule has 2 saturated heterocycles. The molecule has 1 aromatic carbocycles. The predicted molar refractivity (Wildman–Crippen MR) is 109 cm³/mol. The van der Waals surface area contributed by atoms with Crippen LogP contribution in [0.15, 0.2) is 53.1 Å². The highest BCUT2D eigenvalue weighted by molar-refractivity contribution is 5.82. The van der Waals surface area contributed by atoms with E-state index in [4.69, 9.17) is 4.42 Å². The van der Waals surface area contributed by atoms with Crippen molar-refractivity contribution in [3.05, 3.63) is 54.2 Å². The second-order valence-corrected chi connectivity index (χ2v) is 7.97. The van der Waals surface area contributed by atoms with Crippen LogP contribution in [0.5, 0.6) is 0 Å². The minimum absolute atomic E-state index is 0.0785. The van der Waals surface area contributed by atoms with Crippen molar-refractivity contribution >= 4 is 16.9 Å². The van der Waals surface area contributed by atoms with Gasteiger partial charge in [-0.2, -0.15) is 0 Å². The third-order valence-electron chi connectivity index (χ3n) is 6.06. The number of hydrogen-bond donors (Lipinski definition) is 3.